The Hall–Kier alpha value is -2.74. The summed E-state index contributed by atoms with van der Waals surface area (Å²) in [6.45, 7) is 2.73. The van der Waals surface area contributed by atoms with E-state index in [1.165, 1.54) is 0 Å². The minimum Gasteiger partial charge on any atom is -0.368 e. The Labute approximate surface area is 144 Å². The molecular weight excluding hydrogens is 324 g/mol. The van der Waals surface area contributed by atoms with Crippen LogP contribution in [0.2, 0.25) is 0 Å². The summed E-state index contributed by atoms with van der Waals surface area (Å²) in [5.74, 6) is 0.637. The second-order valence-corrected chi connectivity index (χ2v) is 5.81. The molecule has 2 amide bonds. The molecule has 0 saturated carbocycles. The molecule has 2 aromatic rings. The molecule has 1 aliphatic heterocycles. The molecule has 25 heavy (non-hydrogen) atoms. The van der Waals surface area contributed by atoms with Gasteiger partial charge in [0.25, 0.3) is 11.8 Å². The number of benzene rings is 1. The van der Waals surface area contributed by atoms with Crippen LogP contribution in [-0.2, 0) is 16.0 Å². The molecule has 1 aliphatic rings. The molecule has 2 heterocycles. The molecule has 0 unspecified atom stereocenters. The number of hydrogen-bond donors (Lipinski definition) is 2. The number of nitrogens with one attached hydrogen (secondary N) is 2. The minimum absolute atomic E-state index is 0.179. The molecule has 0 aliphatic carbocycles. The molecule has 1 atom stereocenters. The van der Waals surface area contributed by atoms with Gasteiger partial charge >= 0.3 is 0 Å². The van der Waals surface area contributed by atoms with Crippen LogP contribution in [0.25, 0.3) is 0 Å². The van der Waals surface area contributed by atoms with Crippen LogP contribution >= 0.6 is 0 Å². The van der Waals surface area contributed by atoms with Crippen LogP contribution in [-0.4, -0.2) is 41.2 Å². The number of hydrogen-bond acceptors (Lipinski definition) is 6. The number of aromatic nitrogens is 2. The Morgan fingerprint density at radius 3 is 2.96 bits per heavy atom. The summed E-state index contributed by atoms with van der Waals surface area (Å²) in [6.07, 6.45) is 1.67. The molecule has 8 nitrogen and oxygen atoms in total. The van der Waals surface area contributed by atoms with Gasteiger partial charge in [0.05, 0.1) is 0 Å². The number of rotatable bonds is 6. The van der Waals surface area contributed by atoms with Crippen molar-refractivity contribution in [2.24, 2.45) is 0 Å². The van der Waals surface area contributed by atoms with Gasteiger partial charge in [-0.05, 0) is 38.0 Å². The molecular formula is C17H20N4O4. The van der Waals surface area contributed by atoms with Crippen LogP contribution in [0.1, 0.15) is 34.9 Å². The van der Waals surface area contributed by atoms with Crippen molar-refractivity contribution >= 4 is 17.5 Å². The monoisotopic (exact) mass is 344 g/mol. The average molecular weight is 344 g/mol. The van der Waals surface area contributed by atoms with Crippen LogP contribution in [0.15, 0.2) is 28.8 Å². The molecule has 1 fully saturated rings. The van der Waals surface area contributed by atoms with E-state index in [0.29, 0.717) is 42.5 Å². The second-order valence-electron chi connectivity index (χ2n) is 5.81. The Morgan fingerprint density at radius 1 is 1.36 bits per heavy atom. The zero-order valence-corrected chi connectivity index (χ0v) is 13.9. The number of anilines is 1. The fraction of sp³-hybridized carbons (Fsp3) is 0.412. The normalized spacial score (nSPS) is 16.6. The first-order valence-electron chi connectivity index (χ1n) is 8.22. The highest BCUT2D eigenvalue weighted by Gasteiger charge is 2.23. The molecule has 1 aromatic heterocycles. The Bertz CT molecular complexity index is 753. The predicted octanol–water partition coefficient (Wildman–Crippen LogP) is 1.47. The summed E-state index contributed by atoms with van der Waals surface area (Å²) < 4.78 is 10.3. The molecule has 3 rings (SSSR count). The molecule has 0 spiro atoms. The molecule has 1 saturated heterocycles. The van der Waals surface area contributed by atoms with Crippen LogP contribution < -0.4 is 10.6 Å². The first kappa shape index (κ1) is 17.1. The molecule has 132 valence electrons. The van der Waals surface area contributed by atoms with Crippen molar-refractivity contribution in [3.05, 3.63) is 41.5 Å². The smallest absolute Gasteiger partial charge is 0.253 e. The van der Waals surface area contributed by atoms with Gasteiger partial charge in [-0.2, -0.15) is 4.98 Å². The molecule has 2 N–H and O–H groups in total. The van der Waals surface area contributed by atoms with E-state index in [9.17, 15) is 9.59 Å². The van der Waals surface area contributed by atoms with Crippen LogP contribution in [0.3, 0.4) is 0 Å². The third kappa shape index (κ3) is 4.63. The van der Waals surface area contributed by atoms with E-state index in [2.05, 4.69) is 20.8 Å². The number of ether oxygens (including phenoxy) is 1. The van der Waals surface area contributed by atoms with Gasteiger partial charge in [0.2, 0.25) is 5.89 Å². The van der Waals surface area contributed by atoms with E-state index in [4.69, 9.17) is 9.26 Å². The lowest BCUT2D eigenvalue weighted by molar-refractivity contribution is -0.124. The van der Waals surface area contributed by atoms with Crippen LogP contribution in [0, 0.1) is 6.92 Å². The fourth-order valence-electron chi connectivity index (χ4n) is 2.57. The van der Waals surface area contributed by atoms with Gasteiger partial charge < -0.3 is 19.9 Å². The molecule has 8 heteroatoms. The van der Waals surface area contributed by atoms with Gasteiger partial charge in [0.15, 0.2) is 5.82 Å². The van der Waals surface area contributed by atoms with Crippen molar-refractivity contribution in [2.45, 2.75) is 32.3 Å². The summed E-state index contributed by atoms with van der Waals surface area (Å²) in [6, 6.07) is 6.79. The number of nitrogens with zero attached hydrogens (tertiary/aromatic N) is 2. The third-order valence-corrected chi connectivity index (χ3v) is 3.81. The lowest BCUT2D eigenvalue weighted by Gasteiger charge is -2.11. The highest BCUT2D eigenvalue weighted by atomic mass is 16.5. The lowest BCUT2D eigenvalue weighted by atomic mass is 10.1. The first-order valence-corrected chi connectivity index (χ1v) is 8.22. The number of aryl methyl sites for hydroxylation is 1. The lowest BCUT2D eigenvalue weighted by Crippen LogP contribution is -2.28. The van der Waals surface area contributed by atoms with Crippen molar-refractivity contribution in [3.8, 4) is 0 Å². The van der Waals surface area contributed by atoms with E-state index in [-0.39, 0.29) is 11.8 Å². The number of carbonyl (C=O) groups excluding carboxylic acids is 2. The van der Waals surface area contributed by atoms with Gasteiger partial charge in [-0.15, -0.1) is 0 Å². The van der Waals surface area contributed by atoms with Crippen molar-refractivity contribution in [1.29, 1.82) is 0 Å². The maximum absolute atomic E-state index is 12.2. The summed E-state index contributed by atoms with van der Waals surface area (Å²) >= 11 is 0. The highest BCUT2D eigenvalue weighted by Crippen LogP contribution is 2.16. The Morgan fingerprint density at radius 2 is 2.24 bits per heavy atom. The summed E-state index contributed by atoms with van der Waals surface area (Å²) in [7, 11) is 0. The third-order valence-electron chi connectivity index (χ3n) is 3.81. The van der Waals surface area contributed by atoms with Crippen LogP contribution in [0.5, 0.6) is 0 Å². The second kappa shape index (κ2) is 7.89. The fourth-order valence-corrected chi connectivity index (χ4v) is 2.57. The van der Waals surface area contributed by atoms with Gasteiger partial charge in [-0.3, -0.25) is 9.59 Å². The number of amides is 2. The van der Waals surface area contributed by atoms with E-state index in [0.717, 1.165) is 12.8 Å². The predicted molar refractivity (Wildman–Crippen MR) is 89.1 cm³/mol. The van der Waals surface area contributed by atoms with Gasteiger partial charge in [-0.1, -0.05) is 11.2 Å². The van der Waals surface area contributed by atoms with Crippen molar-refractivity contribution in [1.82, 2.24) is 15.5 Å². The SMILES string of the molecule is Cc1noc(CCNC(=O)c2cccc(NC(=O)[C@H]3CCCO3)c2)n1. The van der Waals surface area contributed by atoms with E-state index >= 15 is 0 Å². The van der Waals surface area contributed by atoms with Gasteiger partial charge in [0, 0.05) is 30.8 Å². The quantitative estimate of drug-likeness (QED) is 0.822. The minimum atomic E-state index is -0.407. The summed E-state index contributed by atoms with van der Waals surface area (Å²) in [4.78, 5) is 28.4. The topological polar surface area (TPSA) is 106 Å². The molecule has 0 bridgehead atoms. The van der Waals surface area contributed by atoms with E-state index in [1.54, 1.807) is 31.2 Å². The maximum Gasteiger partial charge on any atom is 0.253 e. The Kier molecular flexibility index (Phi) is 5.39. The highest BCUT2D eigenvalue weighted by molar-refractivity contribution is 5.98. The van der Waals surface area contributed by atoms with Crippen LogP contribution in [0.4, 0.5) is 5.69 Å². The largest absolute Gasteiger partial charge is 0.368 e. The standard InChI is InChI=1S/C17H20N4O4/c1-11-19-15(25-21-11)7-8-18-16(22)12-4-2-5-13(10-12)20-17(23)14-6-3-9-24-14/h2,4-5,10,14H,3,6-9H2,1H3,(H,18,22)(H,20,23)/t14-/m1/s1. The van der Waals surface area contributed by atoms with Gasteiger partial charge in [-0.25, -0.2) is 0 Å². The summed E-state index contributed by atoms with van der Waals surface area (Å²) in [5.41, 5.74) is 1.03. The maximum atomic E-state index is 12.2. The van der Waals surface area contributed by atoms with E-state index < -0.39 is 6.10 Å². The zero-order valence-electron chi connectivity index (χ0n) is 13.9. The Balaban J connectivity index is 1.52. The van der Waals surface area contributed by atoms with Gasteiger partial charge in [0.1, 0.15) is 6.10 Å². The van der Waals surface area contributed by atoms with Crippen molar-refractivity contribution in [3.63, 3.8) is 0 Å². The van der Waals surface area contributed by atoms with Crippen molar-refractivity contribution < 1.29 is 18.8 Å². The first-order chi connectivity index (χ1) is 12.1. The molecule has 1 aromatic carbocycles. The summed E-state index contributed by atoms with van der Waals surface area (Å²) in [5, 5.41) is 9.27. The molecule has 0 radical (unpaired) electrons. The zero-order chi connectivity index (χ0) is 17.6. The number of carbonyl (C=O) groups is 2. The van der Waals surface area contributed by atoms with E-state index in [1.807, 2.05) is 0 Å². The average Bonchev–Trinajstić information content (AvgIpc) is 3.27. The van der Waals surface area contributed by atoms with Crippen molar-refractivity contribution in [2.75, 3.05) is 18.5 Å².